The van der Waals surface area contributed by atoms with Gasteiger partial charge in [0.25, 0.3) is 0 Å². The molecule has 0 radical (unpaired) electrons. The number of rotatable bonds is 3. The Balaban J connectivity index is 0.000000108. The highest BCUT2D eigenvalue weighted by atomic mass is 127. The predicted molar refractivity (Wildman–Crippen MR) is 332 cm³/mol. The van der Waals surface area contributed by atoms with Gasteiger partial charge in [-0.05, 0) is 185 Å². The SMILES string of the molecule is Cc1c(-c2ccccc2)c2cc3ccccc3c(O)c2c2ccccc12.Ic1c(-c2ccccc2)c2cc3ccccc3cc2c2ccccc12.c1ccc(-c2cc3ccccc3c3cc4ccccc4cc23)cc1. The average molecular weight is 1070 g/mol. The molecule has 0 aliphatic rings. The molecule has 15 rings (SSSR count). The minimum atomic E-state index is 0.367. The van der Waals surface area contributed by atoms with Crippen molar-refractivity contribution in [3.63, 3.8) is 0 Å². The molecule has 0 heterocycles. The monoisotopic (exact) mass is 1070 g/mol. The van der Waals surface area contributed by atoms with Crippen LogP contribution in [0, 0.1) is 10.5 Å². The third-order valence-corrected chi connectivity index (χ3v) is 16.2. The van der Waals surface area contributed by atoms with Gasteiger partial charge in [0, 0.05) is 19.9 Å². The van der Waals surface area contributed by atoms with E-state index in [0.29, 0.717) is 5.75 Å². The lowest BCUT2D eigenvalue weighted by molar-refractivity contribution is 0.488. The van der Waals surface area contributed by atoms with Gasteiger partial charge >= 0.3 is 0 Å². The molecule has 1 nitrogen and oxygen atoms in total. The fraction of sp³-hybridized carbons (Fsp3) is 0.0137. The first-order chi connectivity index (χ1) is 37.0. The molecule has 0 aliphatic carbocycles. The van der Waals surface area contributed by atoms with Crippen molar-refractivity contribution in [3.05, 3.63) is 282 Å². The third kappa shape index (κ3) is 8.28. The fourth-order valence-electron chi connectivity index (χ4n) is 11.5. The number of hydrogen-bond acceptors (Lipinski definition) is 1. The molecule has 0 fully saturated rings. The first-order valence-electron chi connectivity index (χ1n) is 25.6. The summed E-state index contributed by atoms with van der Waals surface area (Å²) in [5.74, 6) is 0.367. The Morgan fingerprint density at radius 2 is 0.640 bits per heavy atom. The summed E-state index contributed by atoms with van der Waals surface area (Å²) in [5.41, 5.74) is 8.79. The van der Waals surface area contributed by atoms with E-state index in [9.17, 15) is 5.11 Å². The molecular weight excluding hydrogens is 1020 g/mol. The maximum absolute atomic E-state index is 11.2. The zero-order chi connectivity index (χ0) is 50.4. The van der Waals surface area contributed by atoms with Gasteiger partial charge in [0.15, 0.2) is 0 Å². The van der Waals surface area contributed by atoms with Gasteiger partial charge in [-0.2, -0.15) is 0 Å². The Bertz CT molecular complexity index is 4660. The Hall–Kier alpha value is -8.83. The van der Waals surface area contributed by atoms with Crippen LogP contribution in [-0.4, -0.2) is 5.11 Å². The van der Waals surface area contributed by atoms with Gasteiger partial charge < -0.3 is 5.11 Å². The summed E-state index contributed by atoms with van der Waals surface area (Å²) in [5, 5.41) is 33.2. The molecule has 0 aliphatic heterocycles. The maximum Gasteiger partial charge on any atom is 0.131 e. The molecule has 0 spiro atoms. The van der Waals surface area contributed by atoms with Gasteiger partial charge in [0.05, 0.1) is 0 Å². The number of phenolic OH excluding ortho intramolecular Hbond substituents is 1. The molecule has 0 unspecified atom stereocenters. The molecule has 354 valence electrons. The molecule has 0 amide bonds. The molecule has 15 aromatic carbocycles. The number of aryl methyl sites for hydroxylation is 1. The minimum absolute atomic E-state index is 0.367. The third-order valence-electron chi connectivity index (χ3n) is 15.0. The van der Waals surface area contributed by atoms with Gasteiger partial charge in [-0.25, -0.2) is 0 Å². The molecule has 1 N–H and O–H groups in total. The Morgan fingerprint density at radius 1 is 0.267 bits per heavy atom. The van der Waals surface area contributed by atoms with Crippen molar-refractivity contribution < 1.29 is 5.11 Å². The van der Waals surface area contributed by atoms with Gasteiger partial charge in [0.1, 0.15) is 5.75 Å². The summed E-state index contributed by atoms with van der Waals surface area (Å²) < 4.78 is 1.32. The summed E-state index contributed by atoms with van der Waals surface area (Å²) in [6, 6.07) is 96.8. The number of halogens is 1. The van der Waals surface area contributed by atoms with Crippen molar-refractivity contribution >= 4 is 120 Å². The molecular formula is C73H49IO. The maximum atomic E-state index is 11.2. The van der Waals surface area contributed by atoms with E-state index in [0.717, 1.165) is 26.9 Å². The Labute approximate surface area is 449 Å². The summed E-state index contributed by atoms with van der Waals surface area (Å²) >= 11 is 2.51. The standard InChI is InChI=1S/C25H18O.C24H15I.C24H16/c1-16-19-12-7-8-14-21(19)24-22(23(16)17-9-3-2-4-10-17)15-18-11-5-6-13-20(18)25(24)26;25-24-20-13-7-6-12-19(20)21-14-17-10-4-5-11-18(17)15-22(21)23(24)16-8-2-1-3-9-16;1-2-8-17(9-3-1)22-16-20-12-6-7-13-21(20)23-14-18-10-4-5-11-19(18)15-24(22)23/h2-15,26H,1H3;1-15H;1-16H. The van der Waals surface area contributed by atoms with Crippen molar-refractivity contribution in [2.24, 2.45) is 0 Å². The van der Waals surface area contributed by atoms with Crippen molar-refractivity contribution in [1.82, 2.24) is 0 Å². The number of hydrogen-bond donors (Lipinski definition) is 1. The van der Waals surface area contributed by atoms with Crippen LogP contribution >= 0.6 is 22.6 Å². The lowest BCUT2D eigenvalue weighted by atomic mass is 9.87. The zero-order valence-electron chi connectivity index (χ0n) is 41.3. The van der Waals surface area contributed by atoms with Crippen molar-refractivity contribution in [3.8, 4) is 39.1 Å². The number of aromatic hydroxyl groups is 1. The van der Waals surface area contributed by atoms with Crippen LogP contribution in [0.1, 0.15) is 5.56 Å². The summed E-state index contributed by atoms with van der Waals surface area (Å²) in [4.78, 5) is 0. The van der Waals surface area contributed by atoms with Crippen LogP contribution in [0.3, 0.4) is 0 Å². The van der Waals surface area contributed by atoms with Crippen LogP contribution in [0.5, 0.6) is 5.75 Å². The second-order valence-corrected chi connectivity index (χ2v) is 20.5. The molecule has 0 saturated heterocycles. The molecule has 75 heavy (non-hydrogen) atoms. The van der Waals surface area contributed by atoms with Crippen molar-refractivity contribution in [2.75, 3.05) is 0 Å². The zero-order valence-corrected chi connectivity index (χ0v) is 43.5. The quantitative estimate of drug-likeness (QED) is 0.106. The highest BCUT2D eigenvalue weighted by Crippen LogP contribution is 2.46. The van der Waals surface area contributed by atoms with Crippen LogP contribution in [0.15, 0.2) is 273 Å². The number of benzene rings is 15. The molecule has 0 atom stereocenters. The van der Waals surface area contributed by atoms with E-state index in [1.54, 1.807) is 0 Å². The van der Waals surface area contributed by atoms with Gasteiger partial charge in [0.2, 0.25) is 0 Å². The van der Waals surface area contributed by atoms with Crippen LogP contribution in [-0.2, 0) is 0 Å². The van der Waals surface area contributed by atoms with Crippen LogP contribution in [0.2, 0.25) is 0 Å². The van der Waals surface area contributed by atoms with Crippen molar-refractivity contribution in [1.29, 1.82) is 0 Å². The highest BCUT2D eigenvalue weighted by Gasteiger charge is 2.19. The summed E-state index contributed by atoms with van der Waals surface area (Å²) in [6.45, 7) is 2.18. The molecule has 15 aromatic rings. The summed E-state index contributed by atoms with van der Waals surface area (Å²) in [7, 11) is 0. The van der Waals surface area contributed by atoms with Crippen LogP contribution in [0.25, 0.3) is 130 Å². The smallest absolute Gasteiger partial charge is 0.131 e. The minimum Gasteiger partial charge on any atom is -0.507 e. The molecule has 0 aromatic heterocycles. The number of fused-ring (bicyclic) bond motifs is 12. The first-order valence-corrected chi connectivity index (χ1v) is 26.7. The van der Waals surface area contributed by atoms with E-state index in [1.807, 2.05) is 30.3 Å². The highest BCUT2D eigenvalue weighted by molar-refractivity contribution is 14.1. The van der Waals surface area contributed by atoms with E-state index in [1.165, 1.54) is 113 Å². The second kappa shape index (κ2) is 19.5. The van der Waals surface area contributed by atoms with Crippen LogP contribution in [0.4, 0.5) is 0 Å². The largest absolute Gasteiger partial charge is 0.507 e. The molecule has 0 saturated carbocycles. The van der Waals surface area contributed by atoms with Gasteiger partial charge in [-0.3, -0.25) is 0 Å². The lowest BCUT2D eigenvalue weighted by Gasteiger charge is -2.17. The van der Waals surface area contributed by atoms with E-state index in [-0.39, 0.29) is 0 Å². The molecule has 2 heteroatoms. The van der Waals surface area contributed by atoms with Crippen molar-refractivity contribution in [2.45, 2.75) is 6.92 Å². The Morgan fingerprint density at radius 3 is 1.21 bits per heavy atom. The van der Waals surface area contributed by atoms with Gasteiger partial charge in [-0.15, -0.1) is 0 Å². The van der Waals surface area contributed by atoms with E-state index < -0.39 is 0 Å². The van der Waals surface area contributed by atoms with Gasteiger partial charge in [-0.1, -0.05) is 237 Å². The first kappa shape index (κ1) is 46.0. The normalized spacial score (nSPS) is 11.4. The topological polar surface area (TPSA) is 20.2 Å². The van der Waals surface area contributed by atoms with Crippen LogP contribution < -0.4 is 0 Å². The predicted octanol–water partition coefficient (Wildman–Crippen LogP) is 21.1. The number of phenols is 1. The Kier molecular flexibility index (Phi) is 12.0. The van der Waals surface area contributed by atoms with E-state index in [4.69, 9.17) is 0 Å². The summed E-state index contributed by atoms with van der Waals surface area (Å²) in [6.07, 6.45) is 0. The van der Waals surface area contributed by atoms with E-state index in [2.05, 4.69) is 272 Å². The lowest BCUT2D eigenvalue weighted by Crippen LogP contribution is -1.91. The fourth-order valence-corrected chi connectivity index (χ4v) is 12.6. The second-order valence-electron chi connectivity index (χ2n) is 19.4. The molecule has 0 bridgehead atoms. The van der Waals surface area contributed by atoms with E-state index >= 15 is 0 Å². The average Bonchev–Trinajstić information content (AvgIpc) is 3.48.